The van der Waals surface area contributed by atoms with Crippen LogP contribution in [-0.4, -0.2) is 17.0 Å². The van der Waals surface area contributed by atoms with Crippen molar-refractivity contribution in [3.8, 4) is 0 Å². The van der Waals surface area contributed by atoms with E-state index in [1.165, 1.54) is 32.1 Å². The van der Waals surface area contributed by atoms with E-state index in [2.05, 4.69) is 27.7 Å². The highest BCUT2D eigenvalue weighted by atomic mass is 16.3. The van der Waals surface area contributed by atoms with Crippen LogP contribution in [0.3, 0.4) is 0 Å². The molecular weight excluding hydrogens is 308 g/mol. The molecule has 9 atom stereocenters. The van der Waals surface area contributed by atoms with Crippen LogP contribution in [0.4, 0.5) is 0 Å². The highest BCUT2D eigenvalue weighted by Gasteiger charge is 2.62. The van der Waals surface area contributed by atoms with Crippen LogP contribution in [0.15, 0.2) is 0 Å². The molecule has 0 aromatic heterocycles. The van der Waals surface area contributed by atoms with Crippen LogP contribution >= 0.6 is 0 Å². The molecule has 0 aromatic carbocycles. The van der Waals surface area contributed by atoms with Gasteiger partial charge in [0, 0.05) is 12.3 Å². The van der Waals surface area contributed by atoms with Crippen molar-refractivity contribution < 1.29 is 9.90 Å². The summed E-state index contributed by atoms with van der Waals surface area (Å²) in [6.45, 7) is 9.77. The highest BCUT2D eigenvalue weighted by molar-refractivity contribution is 5.83. The summed E-state index contributed by atoms with van der Waals surface area (Å²) in [6.07, 6.45) is 9.97. The molecule has 0 aliphatic heterocycles. The number of fused-ring (bicyclic) bond motifs is 5. The van der Waals surface area contributed by atoms with E-state index in [0.717, 1.165) is 49.4 Å². The van der Waals surface area contributed by atoms with Crippen molar-refractivity contribution in [3.05, 3.63) is 0 Å². The standard InChI is InChI=1S/C23H38O2/c1-5-14(2)17-6-7-18-16-13-21(25)20-12-15(24)8-10-23(20,4)19(16)9-11-22(17,18)3/h14-20,24H,5-13H2,1-4H3. The van der Waals surface area contributed by atoms with Gasteiger partial charge in [-0.2, -0.15) is 0 Å². The number of rotatable bonds is 2. The summed E-state index contributed by atoms with van der Waals surface area (Å²) in [6, 6.07) is 0. The van der Waals surface area contributed by atoms with Crippen molar-refractivity contribution >= 4 is 5.78 Å². The van der Waals surface area contributed by atoms with Crippen molar-refractivity contribution in [3.63, 3.8) is 0 Å². The molecule has 0 aromatic rings. The first kappa shape index (κ1) is 18.0. The van der Waals surface area contributed by atoms with Gasteiger partial charge in [0.2, 0.25) is 0 Å². The summed E-state index contributed by atoms with van der Waals surface area (Å²) < 4.78 is 0. The molecule has 2 heteroatoms. The Morgan fingerprint density at radius 2 is 1.76 bits per heavy atom. The monoisotopic (exact) mass is 346 g/mol. The van der Waals surface area contributed by atoms with Crippen LogP contribution in [0.25, 0.3) is 0 Å². The Morgan fingerprint density at radius 3 is 2.48 bits per heavy atom. The quantitative estimate of drug-likeness (QED) is 0.743. The first-order valence-electron chi connectivity index (χ1n) is 11.0. The number of hydrogen-bond donors (Lipinski definition) is 1. The fourth-order valence-corrected chi connectivity index (χ4v) is 8.28. The van der Waals surface area contributed by atoms with Crippen molar-refractivity contribution in [1.29, 1.82) is 0 Å². The summed E-state index contributed by atoms with van der Waals surface area (Å²) in [5, 5.41) is 10.1. The summed E-state index contributed by atoms with van der Waals surface area (Å²) in [5.74, 6) is 4.40. The molecule has 0 amide bonds. The van der Waals surface area contributed by atoms with E-state index >= 15 is 0 Å². The van der Waals surface area contributed by atoms with Crippen LogP contribution in [-0.2, 0) is 4.79 Å². The molecule has 2 nitrogen and oxygen atoms in total. The Labute approximate surface area is 154 Å². The number of ketones is 1. The maximum Gasteiger partial charge on any atom is 0.136 e. The molecule has 0 spiro atoms. The maximum atomic E-state index is 13.1. The molecule has 1 N–H and O–H groups in total. The third-order valence-electron chi connectivity index (χ3n) is 9.83. The smallest absolute Gasteiger partial charge is 0.136 e. The Bertz CT molecular complexity index is 542. The van der Waals surface area contributed by atoms with E-state index < -0.39 is 0 Å². The molecule has 0 bridgehead atoms. The Balaban J connectivity index is 1.64. The van der Waals surface area contributed by atoms with Gasteiger partial charge in [-0.3, -0.25) is 4.79 Å². The number of aliphatic hydroxyl groups excluding tert-OH is 1. The van der Waals surface area contributed by atoms with Gasteiger partial charge in [-0.05, 0) is 85.4 Å². The second kappa shape index (κ2) is 6.08. The van der Waals surface area contributed by atoms with E-state index in [-0.39, 0.29) is 17.4 Å². The predicted octanol–water partition coefficient (Wildman–Crippen LogP) is 5.23. The predicted molar refractivity (Wildman–Crippen MR) is 101 cm³/mol. The largest absolute Gasteiger partial charge is 0.393 e. The summed E-state index contributed by atoms with van der Waals surface area (Å²) in [4.78, 5) is 13.1. The average molecular weight is 347 g/mol. The molecule has 0 saturated heterocycles. The molecule has 0 heterocycles. The molecule has 142 valence electrons. The number of carbonyl (C=O) groups excluding carboxylic acids is 1. The lowest BCUT2D eigenvalue weighted by molar-refractivity contribution is -0.160. The molecule has 9 unspecified atom stereocenters. The van der Waals surface area contributed by atoms with Gasteiger partial charge in [-0.15, -0.1) is 0 Å². The Morgan fingerprint density at radius 1 is 1.08 bits per heavy atom. The minimum absolute atomic E-state index is 0.133. The first-order valence-corrected chi connectivity index (χ1v) is 11.0. The molecule has 0 radical (unpaired) electrons. The van der Waals surface area contributed by atoms with E-state index in [9.17, 15) is 9.90 Å². The van der Waals surface area contributed by atoms with E-state index in [1.807, 2.05) is 0 Å². The third kappa shape index (κ3) is 2.49. The molecule has 4 saturated carbocycles. The molecule has 4 aliphatic rings. The normalized spacial score (nSPS) is 53.7. The minimum Gasteiger partial charge on any atom is -0.393 e. The maximum absolute atomic E-state index is 13.1. The van der Waals surface area contributed by atoms with E-state index in [4.69, 9.17) is 0 Å². The summed E-state index contributed by atoms with van der Waals surface area (Å²) in [7, 11) is 0. The minimum atomic E-state index is -0.242. The van der Waals surface area contributed by atoms with Gasteiger partial charge >= 0.3 is 0 Å². The molecule has 4 aliphatic carbocycles. The van der Waals surface area contributed by atoms with Crippen LogP contribution < -0.4 is 0 Å². The first-order chi connectivity index (χ1) is 11.8. The number of aliphatic hydroxyl groups is 1. The van der Waals surface area contributed by atoms with Crippen LogP contribution in [0, 0.1) is 46.3 Å². The zero-order valence-corrected chi connectivity index (χ0v) is 16.8. The van der Waals surface area contributed by atoms with Gasteiger partial charge in [0.05, 0.1) is 6.10 Å². The van der Waals surface area contributed by atoms with Gasteiger partial charge in [-0.25, -0.2) is 0 Å². The average Bonchev–Trinajstić information content (AvgIpc) is 2.93. The van der Waals surface area contributed by atoms with E-state index in [1.54, 1.807) is 0 Å². The summed E-state index contributed by atoms with van der Waals surface area (Å²) >= 11 is 0. The molecule has 25 heavy (non-hydrogen) atoms. The zero-order valence-electron chi connectivity index (χ0n) is 16.8. The van der Waals surface area contributed by atoms with Crippen molar-refractivity contribution in [2.45, 2.75) is 91.6 Å². The van der Waals surface area contributed by atoms with Gasteiger partial charge in [-0.1, -0.05) is 34.1 Å². The second-order valence-corrected chi connectivity index (χ2v) is 10.6. The summed E-state index contributed by atoms with van der Waals surface area (Å²) in [5.41, 5.74) is 0.628. The number of Topliss-reactive ketones (excluding diaryl/α,β-unsaturated/α-hetero) is 1. The molecular formula is C23H38O2. The van der Waals surface area contributed by atoms with Crippen LogP contribution in [0.2, 0.25) is 0 Å². The van der Waals surface area contributed by atoms with E-state index in [0.29, 0.717) is 17.1 Å². The lowest BCUT2D eigenvalue weighted by Crippen LogP contribution is -2.57. The third-order valence-corrected chi connectivity index (χ3v) is 9.83. The number of hydrogen-bond acceptors (Lipinski definition) is 2. The molecule has 4 rings (SSSR count). The van der Waals surface area contributed by atoms with Crippen molar-refractivity contribution in [2.24, 2.45) is 46.3 Å². The van der Waals surface area contributed by atoms with Crippen molar-refractivity contribution in [2.75, 3.05) is 0 Å². The second-order valence-electron chi connectivity index (χ2n) is 10.6. The zero-order chi connectivity index (χ0) is 18.0. The highest BCUT2D eigenvalue weighted by Crippen LogP contribution is 2.67. The van der Waals surface area contributed by atoms with Gasteiger partial charge in [0.1, 0.15) is 5.78 Å². The van der Waals surface area contributed by atoms with Crippen LogP contribution in [0.1, 0.15) is 85.5 Å². The van der Waals surface area contributed by atoms with Gasteiger partial charge < -0.3 is 5.11 Å². The SMILES string of the molecule is CCC(C)C1CCC2C3CC(=O)C4CC(O)CCC4(C)C3CCC12C. The molecule has 4 fully saturated rings. The van der Waals surface area contributed by atoms with Crippen molar-refractivity contribution in [1.82, 2.24) is 0 Å². The lowest BCUT2D eigenvalue weighted by atomic mass is 9.44. The Kier molecular flexibility index (Phi) is 4.38. The fourth-order valence-electron chi connectivity index (χ4n) is 8.28. The van der Waals surface area contributed by atoms with Gasteiger partial charge in [0.15, 0.2) is 0 Å². The topological polar surface area (TPSA) is 37.3 Å². The van der Waals surface area contributed by atoms with Gasteiger partial charge in [0.25, 0.3) is 0 Å². The lowest BCUT2D eigenvalue weighted by Gasteiger charge is -2.60. The number of carbonyl (C=O) groups is 1. The fraction of sp³-hybridized carbons (Fsp3) is 0.957. The van der Waals surface area contributed by atoms with Crippen LogP contribution in [0.5, 0.6) is 0 Å². The Hall–Kier alpha value is -0.370.